The molecule has 0 spiro atoms. The zero-order chi connectivity index (χ0) is 24.2. The molecule has 0 fully saturated rings. The van der Waals surface area contributed by atoms with Crippen molar-refractivity contribution in [3.8, 4) is 0 Å². The number of halogens is 1. The summed E-state index contributed by atoms with van der Waals surface area (Å²) in [6.07, 6.45) is 0.684. The van der Waals surface area contributed by atoms with Gasteiger partial charge in [0.15, 0.2) is 5.78 Å². The summed E-state index contributed by atoms with van der Waals surface area (Å²) in [7, 11) is 0. The molecule has 0 bridgehead atoms. The van der Waals surface area contributed by atoms with Crippen LogP contribution in [0.15, 0.2) is 54.6 Å². The highest BCUT2D eigenvalue weighted by Gasteiger charge is 2.28. The van der Waals surface area contributed by atoms with Gasteiger partial charge in [0, 0.05) is 19.4 Å². The van der Waals surface area contributed by atoms with Crippen LogP contribution in [0.3, 0.4) is 0 Å². The average Bonchev–Trinajstić information content (AvgIpc) is 2.84. The Labute approximate surface area is 191 Å². The van der Waals surface area contributed by atoms with Crippen LogP contribution in [0.2, 0.25) is 0 Å². The Bertz CT molecular complexity index is 980. The van der Waals surface area contributed by atoms with Gasteiger partial charge in [0.25, 0.3) is 0 Å². The summed E-state index contributed by atoms with van der Waals surface area (Å²) in [5.41, 5.74) is 1.20. The Morgan fingerprint density at radius 1 is 0.970 bits per heavy atom. The van der Waals surface area contributed by atoms with Crippen LogP contribution in [0.1, 0.15) is 43.4 Å². The van der Waals surface area contributed by atoms with Gasteiger partial charge in [-0.05, 0) is 29.7 Å². The number of hydrogen-bond donors (Lipinski definition) is 4. The Kier molecular flexibility index (Phi) is 9.88. The van der Waals surface area contributed by atoms with Crippen LogP contribution in [0.5, 0.6) is 0 Å². The van der Waals surface area contributed by atoms with E-state index in [0.29, 0.717) is 17.3 Å². The summed E-state index contributed by atoms with van der Waals surface area (Å²) in [4.78, 5) is 49.4. The van der Waals surface area contributed by atoms with E-state index in [1.165, 1.54) is 24.3 Å². The first kappa shape index (κ1) is 25.4. The summed E-state index contributed by atoms with van der Waals surface area (Å²) in [5, 5.41) is 15.0. The van der Waals surface area contributed by atoms with Gasteiger partial charge in [-0.3, -0.25) is 19.2 Å². The second-order valence-electron chi connectivity index (χ2n) is 7.32. The third-order valence-corrected chi connectivity index (χ3v) is 4.87. The first-order chi connectivity index (χ1) is 15.8. The second-order valence-corrected chi connectivity index (χ2v) is 7.32. The lowest BCUT2D eigenvalue weighted by Crippen LogP contribution is -2.50. The van der Waals surface area contributed by atoms with Crippen LogP contribution in [0.4, 0.5) is 4.39 Å². The van der Waals surface area contributed by atoms with Gasteiger partial charge < -0.3 is 21.4 Å². The van der Waals surface area contributed by atoms with Gasteiger partial charge in [-0.2, -0.15) is 0 Å². The zero-order valence-corrected chi connectivity index (χ0v) is 18.3. The van der Waals surface area contributed by atoms with Gasteiger partial charge in [0.05, 0.1) is 6.21 Å². The van der Waals surface area contributed by atoms with Crippen LogP contribution >= 0.6 is 0 Å². The molecule has 3 amide bonds. The van der Waals surface area contributed by atoms with Crippen molar-refractivity contribution in [1.82, 2.24) is 16.0 Å². The normalized spacial score (nSPS) is 12.2. The zero-order valence-electron chi connectivity index (χ0n) is 18.3. The summed E-state index contributed by atoms with van der Waals surface area (Å²) in [6.45, 7) is 1.75. The van der Waals surface area contributed by atoms with Gasteiger partial charge in [0.1, 0.15) is 17.9 Å². The lowest BCUT2D eigenvalue weighted by Gasteiger charge is -2.23. The highest BCUT2D eigenvalue weighted by Crippen LogP contribution is 2.14. The monoisotopic (exact) mass is 454 g/mol. The number of Topliss-reactive ketones (excluding diaryl/α,β-unsaturated/α-hetero) is 1. The van der Waals surface area contributed by atoms with E-state index in [1.54, 1.807) is 37.3 Å². The smallest absolute Gasteiger partial charge is 0.247 e. The molecule has 4 N–H and O–H groups in total. The molecule has 0 radical (unpaired) electrons. The number of amides is 3. The molecule has 2 rings (SSSR count). The third-order valence-electron chi connectivity index (χ3n) is 4.87. The molecule has 0 aliphatic rings. The number of hydrogen-bond acceptors (Lipinski definition) is 5. The predicted molar refractivity (Wildman–Crippen MR) is 121 cm³/mol. The topological polar surface area (TPSA) is 128 Å². The van der Waals surface area contributed by atoms with Gasteiger partial charge in [-0.15, -0.1) is 0 Å². The molecule has 2 atom stereocenters. The van der Waals surface area contributed by atoms with Gasteiger partial charge in [-0.1, -0.05) is 49.4 Å². The molecule has 2 aromatic rings. The Hall–Kier alpha value is -3.88. The maximum Gasteiger partial charge on any atom is 0.247 e. The van der Waals surface area contributed by atoms with Crippen LogP contribution in [0, 0.1) is 11.2 Å². The molecular weight excluding hydrogens is 427 g/mol. The van der Waals surface area contributed by atoms with Crippen LogP contribution < -0.4 is 16.0 Å². The highest BCUT2D eigenvalue weighted by atomic mass is 19.1. The standard InChI is InChI=1S/C24H27FN4O4/c1-2-21(31)29-22(17-6-4-3-5-7-17)24(33)28-20(13-12-19(30)14-26)23(32)27-15-16-8-10-18(25)11-9-16/h3-11,14,20,22,26H,2,12-13,15H2,1H3,(H,27,32)(H,28,33)(H,29,31)/t20-,22-/m0/s1. The highest BCUT2D eigenvalue weighted by molar-refractivity contribution is 6.26. The van der Waals surface area contributed by atoms with Gasteiger partial charge in [0.2, 0.25) is 17.7 Å². The minimum atomic E-state index is -1.08. The molecule has 33 heavy (non-hydrogen) atoms. The molecule has 0 saturated heterocycles. The van der Waals surface area contributed by atoms with E-state index in [1.807, 2.05) is 0 Å². The maximum absolute atomic E-state index is 13.1. The molecule has 0 unspecified atom stereocenters. The van der Waals surface area contributed by atoms with Crippen molar-refractivity contribution >= 4 is 29.7 Å². The van der Waals surface area contributed by atoms with E-state index in [2.05, 4.69) is 16.0 Å². The van der Waals surface area contributed by atoms with Crippen LogP contribution in [-0.2, 0) is 25.7 Å². The molecule has 0 heterocycles. The van der Waals surface area contributed by atoms with Crippen LogP contribution in [-0.4, -0.2) is 35.8 Å². The fourth-order valence-corrected chi connectivity index (χ4v) is 3.01. The van der Waals surface area contributed by atoms with E-state index >= 15 is 0 Å². The van der Waals surface area contributed by atoms with Crippen molar-refractivity contribution in [2.45, 2.75) is 44.8 Å². The van der Waals surface area contributed by atoms with E-state index < -0.39 is 35.5 Å². The predicted octanol–water partition coefficient (Wildman–Crippen LogP) is 2.19. The number of rotatable bonds is 12. The molecule has 2 aromatic carbocycles. The third kappa shape index (κ3) is 8.29. The van der Waals surface area contributed by atoms with Gasteiger partial charge >= 0.3 is 0 Å². The quantitative estimate of drug-likeness (QED) is 0.367. The van der Waals surface area contributed by atoms with E-state index in [0.717, 1.165) is 0 Å². The van der Waals surface area contributed by atoms with E-state index in [-0.39, 0.29) is 31.7 Å². The number of carbonyl (C=O) groups excluding carboxylic acids is 4. The SMILES string of the molecule is CCC(=O)N[C@H](C(=O)N[C@@H](CCC(=O)C=N)C(=O)NCc1ccc(F)cc1)c1ccccc1. The fraction of sp³-hybridized carbons (Fsp3) is 0.292. The number of benzene rings is 2. The molecule has 0 aliphatic carbocycles. The fourth-order valence-electron chi connectivity index (χ4n) is 3.01. The van der Waals surface area contributed by atoms with Crippen molar-refractivity contribution in [2.75, 3.05) is 0 Å². The minimum absolute atomic E-state index is 0.0293. The van der Waals surface area contributed by atoms with Crippen molar-refractivity contribution in [2.24, 2.45) is 0 Å². The molecule has 174 valence electrons. The van der Waals surface area contributed by atoms with Crippen molar-refractivity contribution < 1.29 is 23.6 Å². The Morgan fingerprint density at radius 3 is 2.24 bits per heavy atom. The average molecular weight is 455 g/mol. The van der Waals surface area contributed by atoms with Crippen LogP contribution in [0.25, 0.3) is 0 Å². The van der Waals surface area contributed by atoms with Crippen molar-refractivity contribution in [3.05, 3.63) is 71.5 Å². The first-order valence-corrected chi connectivity index (χ1v) is 10.5. The molecule has 0 saturated carbocycles. The number of ketones is 1. The second kappa shape index (κ2) is 12.8. The molecule has 9 heteroatoms. The number of carbonyl (C=O) groups is 4. The molecular formula is C24H27FN4O4. The minimum Gasteiger partial charge on any atom is -0.350 e. The maximum atomic E-state index is 13.1. The lowest BCUT2D eigenvalue weighted by molar-refractivity contribution is -0.132. The van der Waals surface area contributed by atoms with Crippen molar-refractivity contribution in [1.29, 1.82) is 5.41 Å². The molecule has 0 aromatic heterocycles. The Balaban J connectivity index is 2.16. The summed E-state index contributed by atoms with van der Waals surface area (Å²) >= 11 is 0. The lowest BCUT2D eigenvalue weighted by atomic mass is 10.0. The Morgan fingerprint density at radius 2 is 1.64 bits per heavy atom. The molecule has 8 nitrogen and oxygen atoms in total. The summed E-state index contributed by atoms with van der Waals surface area (Å²) < 4.78 is 13.1. The first-order valence-electron chi connectivity index (χ1n) is 10.5. The van der Waals surface area contributed by atoms with Crippen molar-refractivity contribution in [3.63, 3.8) is 0 Å². The van der Waals surface area contributed by atoms with Gasteiger partial charge in [-0.25, -0.2) is 4.39 Å². The molecule has 0 aliphatic heterocycles. The number of nitrogens with one attached hydrogen (secondary N) is 4. The van der Waals surface area contributed by atoms with E-state index in [4.69, 9.17) is 5.41 Å². The summed E-state index contributed by atoms with van der Waals surface area (Å²) in [5.74, 6) is -2.37. The van der Waals surface area contributed by atoms with E-state index in [9.17, 15) is 23.6 Å². The largest absolute Gasteiger partial charge is 0.350 e. The summed E-state index contributed by atoms with van der Waals surface area (Å²) in [6, 6.07) is 12.1.